The van der Waals surface area contributed by atoms with Crippen molar-refractivity contribution in [3.05, 3.63) is 71.1 Å². The molecule has 0 saturated carbocycles. The van der Waals surface area contributed by atoms with Gasteiger partial charge in [0, 0.05) is 12.1 Å². The number of methoxy groups -OCH3 is 2. The summed E-state index contributed by atoms with van der Waals surface area (Å²) in [7, 11) is 3.11. The van der Waals surface area contributed by atoms with Crippen molar-refractivity contribution in [3.63, 3.8) is 0 Å². The number of halogens is 2. The van der Waals surface area contributed by atoms with Gasteiger partial charge in [0.05, 0.1) is 27.0 Å². The third kappa shape index (κ3) is 4.68. The summed E-state index contributed by atoms with van der Waals surface area (Å²) >= 11 is 0. The van der Waals surface area contributed by atoms with Crippen molar-refractivity contribution in [3.8, 4) is 11.5 Å². The van der Waals surface area contributed by atoms with Crippen LogP contribution >= 0.6 is 0 Å². The number of nitrogens with one attached hydrogen (secondary N) is 1. The Kier molecular flexibility index (Phi) is 6.38. The lowest BCUT2D eigenvalue weighted by Crippen LogP contribution is -2.26. The molecule has 0 bridgehead atoms. The first-order valence-electron chi connectivity index (χ1n) is 8.84. The zero-order chi connectivity index (χ0) is 20.8. The summed E-state index contributed by atoms with van der Waals surface area (Å²) in [6.45, 7) is 0.164. The molecule has 9 heteroatoms. The number of aromatic nitrogens is 3. The van der Waals surface area contributed by atoms with Crippen molar-refractivity contribution in [1.82, 2.24) is 20.3 Å². The molecule has 0 radical (unpaired) electrons. The summed E-state index contributed by atoms with van der Waals surface area (Å²) in [5.74, 6) is -0.577. The Morgan fingerprint density at radius 1 is 1.10 bits per heavy atom. The first-order chi connectivity index (χ1) is 14.0. The lowest BCUT2D eigenvalue weighted by Gasteiger charge is -2.12. The summed E-state index contributed by atoms with van der Waals surface area (Å²) in [6.07, 6.45) is 1.86. The molecule has 2 aromatic carbocycles. The molecule has 0 aliphatic heterocycles. The van der Waals surface area contributed by atoms with Crippen LogP contribution in [0.15, 0.2) is 42.6 Å². The quantitative estimate of drug-likeness (QED) is 0.627. The summed E-state index contributed by atoms with van der Waals surface area (Å²) in [6, 6.07) is 9.12. The van der Waals surface area contributed by atoms with Gasteiger partial charge in [-0.1, -0.05) is 23.4 Å². The van der Waals surface area contributed by atoms with Gasteiger partial charge in [-0.3, -0.25) is 4.79 Å². The Bertz CT molecular complexity index is 987. The molecule has 0 aliphatic rings. The van der Waals surface area contributed by atoms with E-state index in [9.17, 15) is 13.6 Å². The molecule has 0 unspecified atom stereocenters. The van der Waals surface area contributed by atoms with Gasteiger partial charge in [0.15, 0.2) is 17.2 Å². The van der Waals surface area contributed by atoms with Crippen LogP contribution in [0.5, 0.6) is 11.5 Å². The standard InChI is InChI=1S/C20H20F2N4O3/c1-28-18-8-3-5-13(19(18)29-2)9-10-23-20(27)17-12-26(25-24-17)11-14-15(21)6-4-7-16(14)22/h3-8,12H,9-11H2,1-2H3,(H,23,27). The number of hydrogen-bond donors (Lipinski definition) is 1. The van der Waals surface area contributed by atoms with Gasteiger partial charge in [0.25, 0.3) is 5.91 Å². The van der Waals surface area contributed by atoms with Gasteiger partial charge in [0.1, 0.15) is 11.6 Å². The predicted molar refractivity (Wildman–Crippen MR) is 101 cm³/mol. The molecule has 0 saturated heterocycles. The third-order valence-corrected chi connectivity index (χ3v) is 4.32. The van der Waals surface area contributed by atoms with E-state index >= 15 is 0 Å². The number of hydrogen-bond acceptors (Lipinski definition) is 5. The third-order valence-electron chi connectivity index (χ3n) is 4.32. The maximum absolute atomic E-state index is 13.7. The largest absolute Gasteiger partial charge is 0.493 e. The van der Waals surface area contributed by atoms with Crippen molar-refractivity contribution in [2.45, 2.75) is 13.0 Å². The average molecular weight is 402 g/mol. The Morgan fingerprint density at radius 2 is 1.83 bits per heavy atom. The fourth-order valence-electron chi connectivity index (χ4n) is 2.88. The van der Waals surface area contributed by atoms with Crippen LogP contribution in [0.3, 0.4) is 0 Å². The van der Waals surface area contributed by atoms with Gasteiger partial charge in [-0.2, -0.15) is 0 Å². The van der Waals surface area contributed by atoms with E-state index in [1.54, 1.807) is 20.3 Å². The van der Waals surface area contributed by atoms with Crippen LogP contribution in [0.25, 0.3) is 0 Å². The molecule has 7 nitrogen and oxygen atoms in total. The number of rotatable bonds is 8. The molecule has 152 valence electrons. The van der Waals surface area contributed by atoms with Gasteiger partial charge in [-0.15, -0.1) is 5.10 Å². The number of amides is 1. The van der Waals surface area contributed by atoms with Gasteiger partial charge < -0.3 is 14.8 Å². The van der Waals surface area contributed by atoms with E-state index in [1.165, 1.54) is 16.9 Å². The molecular weight excluding hydrogens is 382 g/mol. The van der Waals surface area contributed by atoms with E-state index < -0.39 is 17.5 Å². The highest BCUT2D eigenvalue weighted by Crippen LogP contribution is 2.30. The van der Waals surface area contributed by atoms with Gasteiger partial charge in [-0.25, -0.2) is 13.5 Å². The fraction of sp³-hybridized carbons (Fsp3) is 0.250. The molecule has 3 rings (SSSR count). The Labute approximate surface area is 166 Å². The van der Waals surface area contributed by atoms with Gasteiger partial charge >= 0.3 is 0 Å². The number of carbonyl (C=O) groups is 1. The first-order valence-corrected chi connectivity index (χ1v) is 8.84. The van der Waals surface area contributed by atoms with Crippen molar-refractivity contribution in [2.24, 2.45) is 0 Å². The number of para-hydroxylation sites is 1. The van der Waals surface area contributed by atoms with E-state index in [2.05, 4.69) is 15.6 Å². The molecule has 1 amide bonds. The SMILES string of the molecule is COc1cccc(CCNC(=O)c2cn(Cc3c(F)cccc3F)nn2)c1OC. The molecule has 0 spiro atoms. The summed E-state index contributed by atoms with van der Waals surface area (Å²) in [4.78, 5) is 12.3. The van der Waals surface area contributed by atoms with E-state index in [1.807, 2.05) is 12.1 Å². The van der Waals surface area contributed by atoms with E-state index in [0.29, 0.717) is 24.5 Å². The Hall–Kier alpha value is -3.49. The maximum Gasteiger partial charge on any atom is 0.273 e. The topological polar surface area (TPSA) is 78.3 Å². The van der Waals surface area contributed by atoms with Crippen molar-refractivity contribution < 1.29 is 23.0 Å². The molecule has 0 fully saturated rings. The second-order valence-electron chi connectivity index (χ2n) is 6.16. The molecule has 1 heterocycles. The highest BCUT2D eigenvalue weighted by atomic mass is 19.1. The molecular formula is C20H20F2N4O3. The van der Waals surface area contributed by atoms with Gasteiger partial charge in [-0.05, 0) is 30.2 Å². The van der Waals surface area contributed by atoms with E-state index in [-0.39, 0.29) is 17.8 Å². The highest BCUT2D eigenvalue weighted by molar-refractivity contribution is 5.91. The van der Waals surface area contributed by atoms with Crippen LogP contribution in [0, 0.1) is 11.6 Å². The Morgan fingerprint density at radius 3 is 2.52 bits per heavy atom. The second kappa shape index (κ2) is 9.13. The van der Waals surface area contributed by atoms with Crippen LogP contribution in [0.1, 0.15) is 21.6 Å². The summed E-state index contributed by atoms with van der Waals surface area (Å²) < 4.78 is 39.3. The molecule has 0 aliphatic carbocycles. The van der Waals surface area contributed by atoms with Gasteiger partial charge in [0.2, 0.25) is 0 Å². The maximum atomic E-state index is 13.7. The molecule has 3 aromatic rings. The molecule has 0 atom stereocenters. The van der Waals surface area contributed by atoms with Crippen molar-refractivity contribution >= 4 is 5.91 Å². The summed E-state index contributed by atoms with van der Waals surface area (Å²) in [5, 5.41) is 10.3. The molecule has 1 N–H and O–H groups in total. The minimum absolute atomic E-state index is 0.0550. The lowest BCUT2D eigenvalue weighted by molar-refractivity contribution is 0.0949. The minimum atomic E-state index is -0.682. The predicted octanol–water partition coefficient (Wildman–Crippen LogP) is 2.59. The monoisotopic (exact) mass is 402 g/mol. The lowest BCUT2D eigenvalue weighted by atomic mass is 10.1. The number of benzene rings is 2. The van der Waals surface area contributed by atoms with E-state index in [4.69, 9.17) is 9.47 Å². The zero-order valence-electron chi connectivity index (χ0n) is 16.0. The smallest absolute Gasteiger partial charge is 0.273 e. The summed E-state index contributed by atoms with van der Waals surface area (Å²) in [5.41, 5.74) is 0.791. The fourth-order valence-corrected chi connectivity index (χ4v) is 2.88. The van der Waals surface area contributed by atoms with Crippen LogP contribution in [-0.4, -0.2) is 41.7 Å². The average Bonchev–Trinajstić information content (AvgIpc) is 3.19. The number of ether oxygens (including phenoxy) is 2. The highest BCUT2D eigenvalue weighted by Gasteiger charge is 2.15. The number of carbonyl (C=O) groups excluding carboxylic acids is 1. The first kappa shape index (κ1) is 20.2. The molecule has 29 heavy (non-hydrogen) atoms. The van der Waals surface area contributed by atoms with Crippen LogP contribution < -0.4 is 14.8 Å². The second-order valence-corrected chi connectivity index (χ2v) is 6.16. The van der Waals surface area contributed by atoms with Crippen molar-refractivity contribution in [2.75, 3.05) is 20.8 Å². The molecule has 1 aromatic heterocycles. The Balaban J connectivity index is 1.60. The normalized spacial score (nSPS) is 10.6. The minimum Gasteiger partial charge on any atom is -0.493 e. The van der Waals surface area contributed by atoms with E-state index in [0.717, 1.165) is 17.7 Å². The van der Waals surface area contributed by atoms with Crippen LogP contribution in [0.4, 0.5) is 8.78 Å². The van der Waals surface area contributed by atoms with Crippen LogP contribution in [-0.2, 0) is 13.0 Å². The zero-order valence-corrected chi connectivity index (χ0v) is 16.0. The number of nitrogens with zero attached hydrogens (tertiary/aromatic N) is 3. The van der Waals surface area contributed by atoms with Crippen LogP contribution in [0.2, 0.25) is 0 Å². The van der Waals surface area contributed by atoms with Crippen molar-refractivity contribution in [1.29, 1.82) is 0 Å².